The fourth-order valence-corrected chi connectivity index (χ4v) is 3.87. The molecule has 5 nitrogen and oxygen atoms in total. The third-order valence-corrected chi connectivity index (χ3v) is 4.93. The highest BCUT2D eigenvalue weighted by Crippen LogP contribution is 2.41. The van der Waals surface area contributed by atoms with Crippen molar-refractivity contribution in [3.8, 4) is 0 Å². The standard InChI is InChI=1S/C19H16N4O/c24-16-10-4-9-15-17(16)18(23-19(22-15)20-11-21-23)14-8-3-6-12-5-1-2-7-13(12)14/h1-3,5-8,11,18H,4,9-10H2,(H,20,21,22)/t18-/m0/s1. The summed E-state index contributed by atoms with van der Waals surface area (Å²) < 4.78 is 1.84. The summed E-state index contributed by atoms with van der Waals surface area (Å²) in [4.78, 5) is 17.0. The minimum Gasteiger partial charge on any atom is -0.328 e. The smallest absolute Gasteiger partial charge is 0.226 e. The molecule has 1 aromatic heterocycles. The molecule has 2 heterocycles. The molecular weight excluding hydrogens is 300 g/mol. The van der Waals surface area contributed by atoms with Gasteiger partial charge in [0.15, 0.2) is 5.78 Å². The molecule has 1 N–H and O–H groups in total. The number of rotatable bonds is 1. The number of hydrogen-bond acceptors (Lipinski definition) is 4. The Bertz CT molecular complexity index is 996. The molecule has 3 aromatic rings. The Kier molecular flexibility index (Phi) is 2.82. The third-order valence-electron chi connectivity index (χ3n) is 4.93. The van der Waals surface area contributed by atoms with Gasteiger partial charge in [-0.3, -0.25) is 4.79 Å². The lowest BCUT2D eigenvalue weighted by Gasteiger charge is -2.32. The SMILES string of the molecule is O=C1CCCC2=C1[C@H](c1cccc3ccccc13)n1ncnc1N2. The molecule has 2 aromatic carbocycles. The highest BCUT2D eigenvalue weighted by molar-refractivity contribution is 6.00. The van der Waals surface area contributed by atoms with Crippen LogP contribution in [-0.4, -0.2) is 20.5 Å². The monoisotopic (exact) mass is 316 g/mol. The van der Waals surface area contributed by atoms with Gasteiger partial charge in [0, 0.05) is 17.7 Å². The van der Waals surface area contributed by atoms with Crippen LogP contribution in [0.25, 0.3) is 10.8 Å². The van der Waals surface area contributed by atoms with E-state index in [9.17, 15) is 4.79 Å². The molecule has 118 valence electrons. The van der Waals surface area contributed by atoms with Crippen LogP contribution in [0.5, 0.6) is 0 Å². The Balaban J connectivity index is 1.81. The van der Waals surface area contributed by atoms with Crippen molar-refractivity contribution >= 4 is 22.5 Å². The summed E-state index contributed by atoms with van der Waals surface area (Å²) in [5, 5.41) is 10.0. The van der Waals surface area contributed by atoms with Crippen molar-refractivity contribution in [2.45, 2.75) is 25.3 Å². The summed E-state index contributed by atoms with van der Waals surface area (Å²) >= 11 is 0. The molecule has 0 bridgehead atoms. The van der Waals surface area contributed by atoms with Gasteiger partial charge in [0.2, 0.25) is 5.95 Å². The molecule has 2 aliphatic rings. The maximum Gasteiger partial charge on any atom is 0.226 e. The van der Waals surface area contributed by atoms with Gasteiger partial charge in [-0.15, -0.1) is 0 Å². The fraction of sp³-hybridized carbons (Fsp3) is 0.211. The first-order valence-corrected chi connectivity index (χ1v) is 8.23. The highest BCUT2D eigenvalue weighted by atomic mass is 16.1. The second kappa shape index (κ2) is 5.03. The number of Topliss-reactive ketones (excluding diaryl/α,β-unsaturated/α-hetero) is 1. The summed E-state index contributed by atoms with van der Waals surface area (Å²) in [6.07, 6.45) is 3.92. The molecule has 0 radical (unpaired) electrons. The van der Waals surface area contributed by atoms with Crippen molar-refractivity contribution in [3.63, 3.8) is 0 Å². The summed E-state index contributed by atoms with van der Waals surface area (Å²) in [6.45, 7) is 0. The lowest BCUT2D eigenvalue weighted by molar-refractivity contribution is -0.116. The largest absolute Gasteiger partial charge is 0.328 e. The maximum atomic E-state index is 12.7. The molecule has 1 atom stereocenters. The second-order valence-electron chi connectivity index (χ2n) is 6.29. The summed E-state index contributed by atoms with van der Waals surface area (Å²) in [5.41, 5.74) is 2.95. The number of carbonyl (C=O) groups excluding carboxylic acids is 1. The molecular formula is C19H16N4O. The molecule has 0 saturated carbocycles. The molecule has 0 saturated heterocycles. The Morgan fingerprint density at radius 1 is 1.08 bits per heavy atom. The van der Waals surface area contributed by atoms with Crippen LogP contribution in [0.3, 0.4) is 0 Å². The van der Waals surface area contributed by atoms with E-state index >= 15 is 0 Å². The van der Waals surface area contributed by atoms with Crippen LogP contribution in [0.2, 0.25) is 0 Å². The number of hydrogen-bond donors (Lipinski definition) is 1. The molecule has 1 aliphatic heterocycles. The van der Waals surface area contributed by atoms with Gasteiger partial charge in [-0.25, -0.2) is 4.68 Å². The molecule has 0 amide bonds. The van der Waals surface area contributed by atoms with Crippen LogP contribution in [0.4, 0.5) is 5.95 Å². The van der Waals surface area contributed by atoms with Crippen LogP contribution in [0, 0.1) is 0 Å². The highest BCUT2D eigenvalue weighted by Gasteiger charge is 2.36. The van der Waals surface area contributed by atoms with Gasteiger partial charge in [0.1, 0.15) is 12.4 Å². The molecule has 24 heavy (non-hydrogen) atoms. The number of fused-ring (bicyclic) bond motifs is 2. The van der Waals surface area contributed by atoms with E-state index in [0.717, 1.165) is 35.1 Å². The lowest BCUT2D eigenvalue weighted by Crippen LogP contribution is -2.31. The van der Waals surface area contributed by atoms with E-state index in [1.165, 1.54) is 5.39 Å². The van der Waals surface area contributed by atoms with Crippen molar-refractivity contribution < 1.29 is 4.79 Å². The van der Waals surface area contributed by atoms with Gasteiger partial charge >= 0.3 is 0 Å². The van der Waals surface area contributed by atoms with E-state index in [4.69, 9.17) is 0 Å². The van der Waals surface area contributed by atoms with Crippen molar-refractivity contribution in [3.05, 3.63) is 65.6 Å². The number of ketones is 1. The number of aromatic nitrogens is 3. The number of benzene rings is 2. The van der Waals surface area contributed by atoms with Crippen LogP contribution in [0.1, 0.15) is 30.9 Å². The van der Waals surface area contributed by atoms with E-state index in [1.807, 2.05) is 22.9 Å². The van der Waals surface area contributed by atoms with Crippen molar-refractivity contribution in [1.29, 1.82) is 0 Å². The van der Waals surface area contributed by atoms with Crippen molar-refractivity contribution in [1.82, 2.24) is 14.8 Å². The first-order valence-electron chi connectivity index (χ1n) is 8.23. The first-order chi connectivity index (χ1) is 11.8. The van der Waals surface area contributed by atoms with Gasteiger partial charge in [-0.1, -0.05) is 42.5 Å². The third kappa shape index (κ3) is 1.84. The van der Waals surface area contributed by atoms with Crippen LogP contribution < -0.4 is 5.32 Å². The Morgan fingerprint density at radius 3 is 2.92 bits per heavy atom. The molecule has 5 heteroatoms. The topological polar surface area (TPSA) is 59.8 Å². The predicted molar refractivity (Wildman–Crippen MR) is 91.6 cm³/mol. The van der Waals surface area contributed by atoms with E-state index in [0.29, 0.717) is 12.4 Å². The zero-order chi connectivity index (χ0) is 16.1. The fourth-order valence-electron chi connectivity index (χ4n) is 3.87. The van der Waals surface area contributed by atoms with E-state index in [2.05, 4.69) is 39.7 Å². The van der Waals surface area contributed by atoms with Crippen molar-refractivity contribution in [2.24, 2.45) is 0 Å². The zero-order valence-electron chi connectivity index (χ0n) is 13.1. The number of carbonyl (C=O) groups is 1. The summed E-state index contributed by atoms with van der Waals surface area (Å²) in [6, 6.07) is 14.3. The Labute approximate surface area is 139 Å². The molecule has 5 rings (SSSR count). The number of allylic oxidation sites excluding steroid dienone is 2. The molecule has 0 unspecified atom stereocenters. The number of nitrogens with zero attached hydrogens (tertiary/aromatic N) is 3. The van der Waals surface area contributed by atoms with Crippen LogP contribution >= 0.6 is 0 Å². The normalized spacial score (nSPS) is 19.8. The van der Waals surface area contributed by atoms with Gasteiger partial charge in [-0.05, 0) is 29.2 Å². The predicted octanol–water partition coefficient (Wildman–Crippen LogP) is 3.45. The Hall–Kier alpha value is -2.95. The minimum atomic E-state index is -0.211. The number of anilines is 1. The molecule has 0 fully saturated rings. The van der Waals surface area contributed by atoms with E-state index < -0.39 is 0 Å². The van der Waals surface area contributed by atoms with Gasteiger partial charge in [-0.2, -0.15) is 10.1 Å². The van der Waals surface area contributed by atoms with Gasteiger partial charge in [0.25, 0.3) is 0 Å². The van der Waals surface area contributed by atoms with Crippen LogP contribution in [0.15, 0.2) is 60.1 Å². The maximum absolute atomic E-state index is 12.7. The van der Waals surface area contributed by atoms with Crippen molar-refractivity contribution in [2.75, 3.05) is 5.32 Å². The van der Waals surface area contributed by atoms with Gasteiger partial charge in [0.05, 0.1) is 0 Å². The minimum absolute atomic E-state index is 0.211. The molecule has 0 spiro atoms. The average Bonchev–Trinajstić information content (AvgIpc) is 3.08. The van der Waals surface area contributed by atoms with Gasteiger partial charge < -0.3 is 5.32 Å². The lowest BCUT2D eigenvalue weighted by atomic mass is 9.84. The Morgan fingerprint density at radius 2 is 1.96 bits per heavy atom. The first kappa shape index (κ1) is 13.5. The zero-order valence-corrected chi connectivity index (χ0v) is 13.1. The summed E-state index contributed by atoms with van der Waals surface area (Å²) in [5.74, 6) is 0.921. The average molecular weight is 316 g/mol. The van der Waals surface area contributed by atoms with Crippen LogP contribution in [-0.2, 0) is 4.79 Å². The quantitative estimate of drug-likeness (QED) is 0.747. The van der Waals surface area contributed by atoms with E-state index in [-0.39, 0.29) is 11.8 Å². The van der Waals surface area contributed by atoms with E-state index in [1.54, 1.807) is 6.33 Å². The summed E-state index contributed by atoms with van der Waals surface area (Å²) in [7, 11) is 0. The number of nitrogens with one attached hydrogen (secondary N) is 1. The molecule has 1 aliphatic carbocycles. The second-order valence-corrected chi connectivity index (χ2v) is 6.29.